The maximum atomic E-state index is 8.23. The Kier molecular flexibility index (Phi) is 9.33. The normalized spacial score (nSPS) is 11.4. The Hall–Kier alpha value is -5.22. The largest absolute Gasteiger partial charge is 0.500 e. The fraction of sp³-hybridized carbons (Fsp3) is 0.0930. The second kappa shape index (κ2) is 14.3. The molecule has 0 aliphatic heterocycles. The van der Waals surface area contributed by atoms with Crippen molar-refractivity contribution in [2.24, 2.45) is 0 Å². The van der Waals surface area contributed by atoms with Gasteiger partial charge in [0.1, 0.15) is 5.58 Å². The molecule has 3 aromatic heterocycles. The van der Waals surface area contributed by atoms with Gasteiger partial charge < -0.3 is 9.40 Å². The van der Waals surface area contributed by atoms with E-state index in [1.807, 2.05) is 66.7 Å². The van der Waals surface area contributed by atoms with Crippen LogP contribution in [0.3, 0.4) is 0 Å². The van der Waals surface area contributed by atoms with Crippen LogP contribution in [0.4, 0.5) is 0 Å². The van der Waals surface area contributed by atoms with E-state index in [1.165, 1.54) is 5.56 Å². The summed E-state index contributed by atoms with van der Waals surface area (Å²) >= 11 is 0. The van der Waals surface area contributed by atoms with Crippen LogP contribution in [0.15, 0.2) is 150 Å². The standard InChI is InChI=1S/C32H25N2O.C11H8N.Ir/c1-32(2,3)24-19-29(34-33-20-24)28-17-9-16-27-26-15-8-14-25(30(26)35-31(27)28)23-13-7-12-22(18-23)21-10-5-4-6-11-21;1-2-6-10(7-3-1)11-8-4-5-9-12-11;/h4-16,18-20H,1-3H3;1-6,8-9H;/q2*-1;/i20D;;. The van der Waals surface area contributed by atoms with E-state index in [0.29, 0.717) is 5.69 Å². The number of benzene rings is 5. The van der Waals surface area contributed by atoms with Gasteiger partial charge in [0.05, 0.1) is 13.1 Å². The van der Waals surface area contributed by atoms with Crippen molar-refractivity contribution in [3.8, 4) is 44.8 Å². The quantitative estimate of drug-likeness (QED) is 0.166. The molecule has 3 heterocycles. The monoisotopic (exact) mass is 801 g/mol. The van der Waals surface area contributed by atoms with Crippen molar-refractivity contribution in [1.29, 1.82) is 0 Å². The molecule has 0 unspecified atom stereocenters. The van der Waals surface area contributed by atoms with Gasteiger partial charge in [-0.1, -0.05) is 117 Å². The number of furan rings is 1. The fourth-order valence-corrected chi connectivity index (χ4v) is 5.59. The summed E-state index contributed by atoms with van der Waals surface area (Å²) in [4.78, 5) is 4.22. The molecule has 0 spiro atoms. The van der Waals surface area contributed by atoms with Crippen LogP contribution in [0.1, 0.15) is 27.7 Å². The number of rotatable bonds is 4. The molecule has 4 nitrogen and oxygen atoms in total. The van der Waals surface area contributed by atoms with Gasteiger partial charge in [-0.25, -0.2) is 5.10 Å². The third kappa shape index (κ3) is 6.89. The summed E-state index contributed by atoms with van der Waals surface area (Å²) in [7, 11) is 0. The van der Waals surface area contributed by atoms with Gasteiger partial charge in [0.15, 0.2) is 0 Å². The molecule has 0 atom stereocenters. The molecule has 0 amide bonds. The second-order valence-electron chi connectivity index (χ2n) is 12.3. The van der Waals surface area contributed by atoms with Gasteiger partial charge >= 0.3 is 0 Å². The SMILES string of the molecule is [2H]c1nnc(-c2[c-]ccc3c2oc2c(-c4cccc(-c5ccccc5)c4)cccc23)cc1C(C)(C)C.[Ir].[c-]1ccccc1-c1ccccn1. The first-order valence-corrected chi connectivity index (χ1v) is 15.6. The summed E-state index contributed by atoms with van der Waals surface area (Å²) in [5.41, 5.74) is 10.1. The van der Waals surface area contributed by atoms with Gasteiger partial charge in [-0.3, -0.25) is 0 Å². The molecular weight excluding hydrogens is 767 g/mol. The van der Waals surface area contributed by atoms with E-state index in [-0.39, 0.29) is 31.7 Å². The number of fused-ring (bicyclic) bond motifs is 3. The van der Waals surface area contributed by atoms with E-state index in [4.69, 9.17) is 5.79 Å². The number of para-hydroxylation sites is 1. The Morgan fingerprint density at radius 2 is 1.40 bits per heavy atom. The fourth-order valence-electron chi connectivity index (χ4n) is 5.59. The maximum Gasteiger partial charge on any atom is 0.128 e. The van der Waals surface area contributed by atoms with Crippen LogP contribution < -0.4 is 0 Å². The van der Waals surface area contributed by atoms with Crippen LogP contribution in [-0.4, -0.2) is 15.2 Å². The van der Waals surface area contributed by atoms with Crippen LogP contribution >= 0.6 is 0 Å². The van der Waals surface area contributed by atoms with Gasteiger partial charge in [0, 0.05) is 42.9 Å². The van der Waals surface area contributed by atoms with Crippen LogP contribution in [0.5, 0.6) is 0 Å². The number of hydrogen-bond donors (Lipinski definition) is 0. The minimum Gasteiger partial charge on any atom is -0.500 e. The first-order valence-electron chi connectivity index (χ1n) is 16.1. The van der Waals surface area contributed by atoms with Crippen LogP contribution in [-0.2, 0) is 25.5 Å². The predicted octanol–water partition coefficient (Wildman–Crippen LogP) is 11.0. The first-order chi connectivity index (χ1) is 23.4. The zero-order valence-corrected chi connectivity index (χ0v) is 29.3. The zero-order valence-electron chi connectivity index (χ0n) is 27.9. The second-order valence-corrected chi connectivity index (χ2v) is 12.3. The summed E-state index contributed by atoms with van der Waals surface area (Å²) < 4.78 is 14.8. The van der Waals surface area contributed by atoms with Gasteiger partial charge in [-0.15, -0.1) is 54.1 Å². The van der Waals surface area contributed by atoms with Crippen molar-refractivity contribution in [3.05, 3.63) is 164 Å². The van der Waals surface area contributed by atoms with E-state index in [1.54, 1.807) is 6.20 Å². The molecule has 5 aromatic carbocycles. The molecule has 0 aliphatic carbocycles. The molecule has 1 radical (unpaired) electrons. The summed E-state index contributed by atoms with van der Waals surface area (Å²) in [6, 6.07) is 51.2. The molecule has 0 saturated carbocycles. The molecule has 48 heavy (non-hydrogen) atoms. The van der Waals surface area contributed by atoms with Gasteiger partial charge in [-0.2, -0.15) is 5.10 Å². The topological polar surface area (TPSA) is 51.8 Å². The number of hydrogen-bond acceptors (Lipinski definition) is 4. The Morgan fingerprint density at radius 3 is 2.17 bits per heavy atom. The van der Waals surface area contributed by atoms with E-state index in [9.17, 15) is 0 Å². The molecule has 0 bridgehead atoms. The first kappa shape index (κ1) is 31.4. The molecule has 237 valence electrons. The van der Waals surface area contributed by atoms with Crippen molar-refractivity contribution in [1.82, 2.24) is 15.2 Å². The third-order valence-corrected chi connectivity index (χ3v) is 8.06. The summed E-state index contributed by atoms with van der Waals surface area (Å²) in [5.74, 6) is 0. The predicted molar refractivity (Wildman–Crippen MR) is 192 cm³/mol. The molecule has 8 rings (SSSR count). The number of nitrogens with zero attached hydrogens (tertiary/aromatic N) is 3. The van der Waals surface area contributed by atoms with Crippen LogP contribution in [0, 0.1) is 12.1 Å². The van der Waals surface area contributed by atoms with Crippen LogP contribution in [0.2, 0.25) is 0 Å². The zero-order chi connectivity index (χ0) is 33.1. The van der Waals surface area contributed by atoms with Crippen LogP contribution in [0.25, 0.3) is 66.7 Å². The smallest absolute Gasteiger partial charge is 0.128 e. The molecule has 0 aliphatic rings. The van der Waals surface area contributed by atoms with Gasteiger partial charge in [0.2, 0.25) is 0 Å². The Labute approximate surface area is 296 Å². The van der Waals surface area contributed by atoms with E-state index >= 15 is 0 Å². The molecular formula is C43H33IrN3O-2. The van der Waals surface area contributed by atoms with Crippen molar-refractivity contribution in [3.63, 3.8) is 0 Å². The van der Waals surface area contributed by atoms with E-state index in [0.717, 1.165) is 61.0 Å². The average Bonchev–Trinajstić information content (AvgIpc) is 3.52. The van der Waals surface area contributed by atoms with E-state index < -0.39 is 0 Å². The molecule has 5 heteroatoms. The Morgan fingerprint density at radius 1 is 0.646 bits per heavy atom. The Bertz CT molecular complexity index is 2300. The summed E-state index contributed by atoms with van der Waals surface area (Å²) in [6.45, 7) is 6.23. The Balaban J connectivity index is 0.000000270. The maximum absolute atomic E-state index is 8.23. The van der Waals surface area contributed by atoms with Crippen molar-refractivity contribution in [2.45, 2.75) is 26.2 Å². The average molecular weight is 801 g/mol. The van der Waals surface area contributed by atoms with Crippen molar-refractivity contribution < 1.29 is 25.9 Å². The molecule has 0 saturated heterocycles. The minimum absolute atomic E-state index is 0. The van der Waals surface area contributed by atoms with Gasteiger partial charge in [-0.05, 0) is 45.5 Å². The summed E-state index contributed by atoms with van der Waals surface area (Å²) in [5, 5.41) is 10.5. The molecule has 0 fully saturated rings. The van der Waals surface area contributed by atoms with Gasteiger partial charge in [0.25, 0.3) is 0 Å². The number of aromatic nitrogens is 3. The van der Waals surface area contributed by atoms with E-state index in [2.05, 4.69) is 115 Å². The molecule has 0 N–H and O–H groups in total. The minimum atomic E-state index is -0.222. The number of pyridine rings is 1. The third-order valence-electron chi connectivity index (χ3n) is 8.06. The summed E-state index contributed by atoms with van der Waals surface area (Å²) in [6.07, 6.45) is 1.99. The van der Waals surface area contributed by atoms with Crippen molar-refractivity contribution >= 4 is 21.9 Å². The van der Waals surface area contributed by atoms with Crippen molar-refractivity contribution in [2.75, 3.05) is 0 Å². The molecule has 8 aromatic rings.